The smallest absolute Gasteiger partial charge is 0.296 e. The molecule has 0 aliphatic heterocycles. The number of phenols is 1. The predicted molar refractivity (Wildman–Crippen MR) is 119 cm³/mol. The number of benzene rings is 3. The molecule has 0 aliphatic rings. The number of hydrogen-bond acceptors (Lipinski definition) is 3. The van der Waals surface area contributed by atoms with Crippen molar-refractivity contribution in [3.63, 3.8) is 0 Å². The lowest BCUT2D eigenvalue weighted by atomic mass is 10.1. The van der Waals surface area contributed by atoms with Crippen molar-refractivity contribution in [1.82, 2.24) is 4.57 Å². The van der Waals surface area contributed by atoms with E-state index in [1.54, 1.807) is 47.0 Å². The van der Waals surface area contributed by atoms with E-state index in [2.05, 4.69) is 5.32 Å². The van der Waals surface area contributed by atoms with Crippen molar-refractivity contribution in [2.24, 2.45) is 0 Å². The number of Topliss-reactive ketones (excluding diaryl/α,β-unsaturated/α-hetero) is 1. The number of carbonyl (C=O) groups is 2. The molecule has 0 atom stereocenters. The lowest BCUT2D eigenvalue weighted by Gasteiger charge is -2.08. The summed E-state index contributed by atoms with van der Waals surface area (Å²) in [7, 11) is 0. The Morgan fingerprint density at radius 2 is 1.63 bits per heavy atom. The number of aromatic nitrogens is 1. The molecule has 0 saturated heterocycles. The van der Waals surface area contributed by atoms with Crippen LogP contribution in [0.2, 0.25) is 10.2 Å². The molecule has 7 heteroatoms. The maximum absolute atomic E-state index is 13.0. The molecule has 0 bridgehead atoms. The van der Waals surface area contributed by atoms with E-state index in [-0.39, 0.29) is 16.5 Å². The lowest BCUT2D eigenvalue weighted by molar-refractivity contribution is -0.112. The second-order valence-corrected chi connectivity index (χ2v) is 7.52. The minimum atomic E-state index is -0.808. The predicted octanol–water partition coefficient (Wildman–Crippen LogP) is 5.52. The van der Waals surface area contributed by atoms with Gasteiger partial charge in [0.25, 0.3) is 11.7 Å². The Labute approximate surface area is 182 Å². The van der Waals surface area contributed by atoms with Gasteiger partial charge in [0, 0.05) is 22.6 Å². The van der Waals surface area contributed by atoms with E-state index in [9.17, 15) is 14.7 Å². The fourth-order valence-corrected chi connectivity index (χ4v) is 3.74. The summed E-state index contributed by atoms with van der Waals surface area (Å²) in [5, 5.41) is 13.7. The fourth-order valence-electron chi connectivity index (χ4n) is 3.28. The number of nitrogens with one attached hydrogen (secondary N) is 1. The molecular weight excluding hydrogens is 423 g/mol. The third-order valence-electron chi connectivity index (χ3n) is 4.70. The Hall–Kier alpha value is -3.28. The van der Waals surface area contributed by atoms with Gasteiger partial charge < -0.3 is 15.0 Å². The van der Waals surface area contributed by atoms with Crippen LogP contribution >= 0.6 is 23.2 Å². The number of fused-ring (bicyclic) bond motifs is 1. The number of nitrogens with zero attached hydrogens (tertiary/aromatic N) is 1. The zero-order valence-electron chi connectivity index (χ0n) is 15.6. The van der Waals surface area contributed by atoms with E-state index in [4.69, 9.17) is 23.2 Å². The van der Waals surface area contributed by atoms with Crippen LogP contribution in [0.1, 0.15) is 15.9 Å². The maximum Gasteiger partial charge on any atom is 0.296 e. The Morgan fingerprint density at radius 1 is 0.933 bits per heavy atom. The Kier molecular flexibility index (Phi) is 5.48. The first-order chi connectivity index (χ1) is 14.4. The van der Waals surface area contributed by atoms with E-state index < -0.39 is 11.7 Å². The van der Waals surface area contributed by atoms with E-state index in [0.29, 0.717) is 28.2 Å². The number of aromatic hydroxyl groups is 1. The molecule has 4 aromatic rings. The summed E-state index contributed by atoms with van der Waals surface area (Å²) >= 11 is 12.5. The molecule has 0 saturated carbocycles. The zero-order valence-corrected chi connectivity index (χ0v) is 17.1. The summed E-state index contributed by atoms with van der Waals surface area (Å²) in [6.45, 7) is 0.366. The second-order valence-electron chi connectivity index (χ2n) is 6.73. The number of anilines is 1. The molecule has 1 heterocycles. The molecule has 1 amide bonds. The normalized spacial score (nSPS) is 10.9. The van der Waals surface area contributed by atoms with Crippen LogP contribution in [0.15, 0.2) is 72.8 Å². The zero-order chi connectivity index (χ0) is 21.3. The number of amides is 1. The summed E-state index contributed by atoms with van der Waals surface area (Å²) in [6.07, 6.45) is 0. The summed E-state index contributed by atoms with van der Waals surface area (Å²) in [5.74, 6) is -1.62. The van der Waals surface area contributed by atoms with Gasteiger partial charge in [0.2, 0.25) is 0 Å². The molecule has 5 nitrogen and oxygen atoms in total. The quantitative estimate of drug-likeness (QED) is 0.318. The van der Waals surface area contributed by atoms with Crippen molar-refractivity contribution >= 4 is 51.5 Å². The number of phenolic OH excluding ortho intramolecular Hbond substituents is 1. The van der Waals surface area contributed by atoms with E-state index in [0.717, 1.165) is 5.56 Å². The van der Waals surface area contributed by atoms with Crippen molar-refractivity contribution < 1.29 is 14.7 Å². The number of para-hydroxylation sites is 1. The third-order valence-corrected chi connectivity index (χ3v) is 5.35. The van der Waals surface area contributed by atoms with Gasteiger partial charge in [-0.15, -0.1) is 0 Å². The van der Waals surface area contributed by atoms with Crippen molar-refractivity contribution in [1.29, 1.82) is 0 Å². The Bertz CT molecular complexity index is 1250. The van der Waals surface area contributed by atoms with E-state index in [1.807, 2.05) is 18.2 Å². The monoisotopic (exact) mass is 438 g/mol. The number of hydrogen-bond donors (Lipinski definition) is 2. The highest BCUT2D eigenvalue weighted by Crippen LogP contribution is 2.34. The minimum Gasteiger partial charge on any atom is -0.508 e. The third kappa shape index (κ3) is 3.90. The molecule has 30 heavy (non-hydrogen) atoms. The van der Waals surface area contributed by atoms with Crippen molar-refractivity contribution in [3.05, 3.63) is 94.1 Å². The summed E-state index contributed by atoms with van der Waals surface area (Å²) in [6, 6.07) is 20.5. The van der Waals surface area contributed by atoms with Crippen LogP contribution in [0.25, 0.3) is 10.9 Å². The molecule has 150 valence electrons. The minimum absolute atomic E-state index is 0.0275. The molecule has 0 aliphatic carbocycles. The van der Waals surface area contributed by atoms with Crippen LogP contribution in [0, 0.1) is 0 Å². The molecule has 4 rings (SSSR count). The van der Waals surface area contributed by atoms with Crippen molar-refractivity contribution in [2.45, 2.75) is 6.54 Å². The average molecular weight is 439 g/mol. The van der Waals surface area contributed by atoms with Gasteiger partial charge in [0.15, 0.2) is 0 Å². The number of ketones is 1. The largest absolute Gasteiger partial charge is 0.508 e. The highest BCUT2D eigenvalue weighted by atomic mass is 35.5. The highest BCUT2D eigenvalue weighted by Gasteiger charge is 2.27. The second kappa shape index (κ2) is 8.22. The van der Waals surface area contributed by atoms with Gasteiger partial charge in [-0.05, 0) is 48.0 Å². The van der Waals surface area contributed by atoms with Crippen LogP contribution in [-0.4, -0.2) is 21.4 Å². The molecular formula is C23H16Cl2N2O3. The Balaban J connectivity index is 1.76. The molecule has 3 aromatic carbocycles. The van der Waals surface area contributed by atoms with Crippen molar-refractivity contribution in [3.8, 4) is 5.75 Å². The summed E-state index contributed by atoms with van der Waals surface area (Å²) < 4.78 is 1.72. The SMILES string of the molecule is O=C(Nc1ccccc1)C(=O)c1c(Cl)n(Cc2ccc(Cl)cc2)c2ccc(O)cc12. The van der Waals surface area contributed by atoms with E-state index in [1.165, 1.54) is 12.1 Å². The number of halogens is 2. The lowest BCUT2D eigenvalue weighted by Crippen LogP contribution is -2.23. The van der Waals surface area contributed by atoms with Crippen LogP contribution in [0.3, 0.4) is 0 Å². The first kappa shape index (κ1) is 20.0. The van der Waals surface area contributed by atoms with Crippen LogP contribution in [-0.2, 0) is 11.3 Å². The molecule has 0 radical (unpaired) electrons. The number of carbonyl (C=O) groups excluding carboxylic acids is 2. The van der Waals surface area contributed by atoms with Gasteiger partial charge >= 0.3 is 0 Å². The molecule has 1 aromatic heterocycles. The summed E-state index contributed by atoms with van der Waals surface area (Å²) in [4.78, 5) is 25.6. The topological polar surface area (TPSA) is 71.3 Å². The first-order valence-electron chi connectivity index (χ1n) is 9.10. The first-order valence-corrected chi connectivity index (χ1v) is 9.85. The van der Waals surface area contributed by atoms with Crippen LogP contribution in [0.4, 0.5) is 5.69 Å². The van der Waals surface area contributed by atoms with Gasteiger partial charge in [-0.2, -0.15) is 0 Å². The van der Waals surface area contributed by atoms with E-state index >= 15 is 0 Å². The highest BCUT2D eigenvalue weighted by molar-refractivity contribution is 6.51. The van der Waals surface area contributed by atoms with Crippen molar-refractivity contribution in [2.75, 3.05) is 5.32 Å². The molecule has 0 spiro atoms. The van der Waals surface area contributed by atoms with Gasteiger partial charge in [-0.3, -0.25) is 9.59 Å². The van der Waals surface area contributed by atoms with Gasteiger partial charge in [0.05, 0.1) is 11.1 Å². The fraction of sp³-hybridized carbons (Fsp3) is 0.0435. The van der Waals surface area contributed by atoms with Gasteiger partial charge in [0.1, 0.15) is 10.9 Å². The average Bonchev–Trinajstić information content (AvgIpc) is 3.00. The van der Waals surface area contributed by atoms with Crippen LogP contribution < -0.4 is 5.32 Å². The number of rotatable bonds is 5. The molecule has 2 N–H and O–H groups in total. The van der Waals surface area contributed by atoms with Gasteiger partial charge in [-0.1, -0.05) is 53.5 Å². The standard InChI is InChI=1S/C23H16Cl2N2O3/c24-15-8-6-14(7-9-15)13-27-19-11-10-17(28)12-18(19)20(22(27)25)21(29)23(30)26-16-4-2-1-3-5-16/h1-12,28H,13H2,(H,26,30). The Morgan fingerprint density at radius 3 is 2.33 bits per heavy atom. The van der Waals surface area contributed by atoms with Crippen LogP contribution in [0.5, 0.6) is 5.75 Å². The van der Waals surface area contributed by atoms with Gasteiger partial charge in [-0.25, -0.2) is 0 Å². The molecule has 0 unspecified atom stereocenters. The maximum atomic E-state index is 13.0. The molecule has 0 fully saturated rings. The summed E-state index contributed by atoms with van der Waals surface area (Å²) in [5.41, 5.74) is 2.09.